The summed E-state index contributed by atoms with van der Waals surface area (Å²) in [5, 5.41) is 3.55. The summed E-state index contributed by atoms with van der Waals surface area (Å²) in [6.45, 7) is 0. The largest absolute Gasteiger partial charge is 0.457 e. The molecular weight excluding hydrogens is 228 g/mol. The van der Waals surface area contributed by atoms with E-state index < -0.39 is 0 Å². The molecule has 2 rings (SSSR count). The zero-order valence-electron chi connectivity index (χ0n) is 9.71. The van der Waals surface area contributed by atoms with Crippen molar-refractivity contribution >= 4 is 5.84 Å². The van der Waals surface area contributed by atoms with Gasteiger partial charge in [0.25, 0.3) is 0 Å². The first-order chi connectivity index (χ1) is 8.83. The number of benzene rings is 2. The molecule has 0 aromatic heterocycles. The Labute approximate surface area is 105 Å². The minimum absolute atomic E-state index is 0.397. The second-order valence-corrected chi connectivity index (χ2v) is 3.56. The minimum Gasteiger partial charge on any atom is -0.457 e. The van der Waals surface area contributed by atoms with Gasteiger partial charge in [0.2, 0.25) is 0 Å². The van der Waals surface area contributed by atoms with Gasteiger partial charge >= 0.3 is 0 Å². The Hall–Kier alpha value is -2.53. The van der Waals surface area contributed by atoms with Gasteiger partial charge in [-0.05, 0) is 24.3 Å². The maximum absolute atomic E-state index is 5.69. The van der Waals surface area contributed by atoms with Crippen molar-refractivity contribution in [3.63, 3.8) is 0 Å². The Morgan fingerprint density at radius 2 is 1.72 bits per heavy atom. The van der Waals surface area contributed by atoms with Crippen molar-refractivity contribution in [1.82, 2.24) is 5.43 Å². The number of amidine groups is 1. The van der Waals surface area contributed by atoms with Crippen molar-refractivity contribution in [1.29, 1.82) is 0 Å². The lowest BCUT2D eigenvalue weighted by atomic mass is 10.2. The summed E-state index contributed by atoms with van der Waals surface area (Å²) in [4.78, 5) is 0. The normalized spacial score (nSPS) is 11.1. The number of nitrogens with zero attached hydrogens (tertiary/aromatic N) is 1. The van der Waals surface area contributed by atoms with Gasteiger partial charge in [0.1, 0.15) is 11.5 Å². The molecule has 0 saturated heterocycles. The number of rotatable bonds is 3. The fourth-order valence-electron chi connectivity index (χ4n) is 1.53. The van der Waals surface area contributed by atoms with Gasteiger partial charge in [-0.15, -0.1) is 0 Å². The Balaban J connectivity index is 2.23. The molecule has 0 fully saturated rings. The van der Waals surface area contributed by atoms with Crippen LogP contribution in [0.5, 0.6) is 11.5 Å². The van der Waals surface area contributed by atoms with Crippen LogP contribution < -0.4 is 21.8 Å². The molecule has 0 aliphatic heterocycles. The van der Waals surface area contributed by atoms with Gasteiger partial charge in [0.15, 0.2) is 5.84 Å². The summed E-state index contributed by atoms with van der Waals surface area (Å²) in [6, 6.07) is 16.8. The van der Waals surface area contributed by atoms with Crippen molar-refractivity contribution in [2.75, 3.05) is 0 Å². The minimum atomic E-state index is 0.397. The molecule has 0 aliphatic rings. The number of hydrogen-bond acceptors (Lipinski definition) is 4. The van der Waals surface area contributed by atoms with E-state index in [1.807, 2.05) is 48.5 Å². The topological polar surface area (TPSA) is 85.7 Å². The van der Waals surface area contributed by atoms with Crippen LogP contribution in [-0.4, -0.2) is 5.84 Å². The molecule has 0 heterocycles. The van der Waals surface area contributed by atoms with Crippen molar-refractivity contribution in [2.24, 2.45) is 16.8 Å². The van der Waals surface area contributed by atoms with E-state index in [1.54, 1.807) is 6.07 Å². The SMILES string of the molecule is N/N=C(\NN)c1cccc(Oc2ccccc2)c1. The van der Waals surface area contributed by atoms with Crippen LogP contribution in [0, 0.1) is 0 Å². The Kier molecular flexibility index (Phi) is 3.78. The van der Waals surface area contributed by atoms with Crippen molar-refractivity contribution in [2.45, 2.75) is 0 Å². The van der Waals surface area contributed by atoms with Gasteiger partial charge in [-0.25, -0.2) is 5.84 Å². The van der Waals surface area contributed by atoms with Gasteiger partial charge in [-0.2, -0.15) is 5.10 Å². The monoisotopic (exact) mass is 242 g/mol. The van der Waals surface area contributed by atoms with E-state index in [-0.39, 0.29) is 0 Å². The van der Waals surface area contributed by atoms with Gasteiger partial charge in [-0.3, -0.25) is 0 Å². The summed E-state index contributed by atoms with van der Waals surface area (Å²) in [6.07, 6.45) is 0. The zero-order valence-corrected chi connectivity index (χ0v) is 9.71. The predicted octanol–water partition coefficient (Wildman–Crippen LogP) is 1.56. The first-order valence-electron chi connectivity index (χ1n) is 5.41. The highest BCUT2D eigenvalue weighted by Gasteiger charge is 2.03. The highest BCUT2D eigenvalue weighted by molar-refractivity contribution is 5.98. The maximum atomic E-state index is 5.69. The van der Waals surface area contributed by atoms with Crippen LogP contribution in [0.15, 0.2) is 59.7 Å². The number of ether oxygens (including phenoxy) is 1. The summed E-state index contributed by atoms with van der Waals surface area (Å²) in [5.74, 6) is 12.4. The fraction of sp³-hybridized carbons (Fsp3) is 0. The number of nitrogens with one attached hydrogen (secondary N) is 1. The van der Waals surface area contributed by atoms with E-state index in [9.17, 15) is 0 Å². The van der Waals surface area contributed by atoms with E-state index >= 15 is 0 Å². The lowest BCUT2D eigenvalue weighted by Gasteiger charge is -2.08. The Bertz CT molecular complexity index is 540. The third-order valence-corrected chi connectivity index (χ3v) is 2.35. The second kappa shape index (κ2) is 5.70. The molecular formula is C13H14N4O. The zero-order chi connectivity index (χ0) is 12.8. The van der Waals surface area contributed by atoms with Gasteiger partial charge in [0.05, 0.1) is 0 Å². The Morgan fingerprint density at radius 3 is 2.39 bits per heavy atom. The molecule has 0 aliphatic carbocycles. The van der Waals surface area contributed by atoms with Crippen molar-refractivity contribution in [3.8, 4) is 11.5 Å². The van der Waals surface area contributed by atoms with Crippen LogP contribution >= 0.6 is 0 Å². The van der Waals surface area contributed by atoms with Crippen LogP contribution in [-0.2, 0) is 0 Å². The molecule has 92 valence electrons. The first kappa shape index (κ1) is 11.9. The van der Waals surface area contributed by atoms with Gasteiger partial charge < -0.3 is 16.0 Å². The smallest absolute Gasteiger partial charge is 0.166 e. The molecule has 0 radical (unpaired) electrons. The fourth-order valence-corrected chi connectivity index (χ4v) is 1.53. The van der Waals surface area contributed by atoms with Crippen LogP contribution in [0.25, 0.3) is 0 Å². The summed E-state index contributed by atoms with van der Waals surface area (Å²) >= 11 is 0. The number of hydrazine groups is 1. The molecule has 0 amide bonds. The molecule has 0 saturated carbocycles. The van der Waals surface area contributed by atoms with Crippen LogP contribution in [0.1, 0.15) is 5.56 Å². The molecule has 5 nitrogen and oxygen atoms in total. The molecule has 0 spiro atoms. The third-order valence-electron chi connectivity index (χ3n) is 2.35. The number of para-hydroxylation sites is 1. The van der Waals surface area contributed by atoms with E-state index in [1.165, 1.54) is 0 Å². The Morgan fingerprint density at radius 1 is 1.00 bits per heavy atom. The summed E-state index contributed by atoms with van der Waals surface area (Å²) in [7, 11) is 0. The number of hydrogen-bond donors (Lipinski definition) is 3. The van der Waals surface area contributed by atoms with Crippen molar-refractivity contribution < 1.29 is 4.74 Å². The van der Waals surface area contributed by atoms with E-state index in [0.29, 0.717) is 11.6 Å². The number of nitrogens with two attached hydrogens (primary N) is 2. The van der Waals surface area contributed by atoms with E-state index in [4.69, 9.17) is 16.4 Å². The lowest BCUT2D eigenvalue weighted by molar-refractivity contribution is 0.482. The van der Waals surface area contributed by atoms with E-state index in [2.05, 4.69) is 10.5 Å². The highest BCUT2D eigenvalue weighted by Crippen LogP contribution is 2.21. The van der Waals surface area contributed by atoms with Crippen molar-refractivity contribution in [3.05, 3.63) is 60.2 Å². The molecule has 0 bridgehead atoms. The molecule has 0 atom stereocenters. The average molecular weight is 242 g/mol. The maximum Gasteiger partial charge on any atom is 0.166 e. The molecule has 5 N–H and O–H groups in total. The molecule has 0 unspecified atom stereocenters. The summed E-state index contributed by atoms with van der Waals surface area (Å²) in [5.41, 5.74) is 3.19. The third kappa shape index (κ3) is 2.78. The molecule has 2 aromatic carbocycles. The second-order valence-electron chi connectivity index (χ2n) is 3.56. The van der Waals surface area contributed by atoms with Gasteiger partial charge in [0, 0.05) is 5.56 Å². The molecule has 18 heavy (non-hydrogen) atoms. The molecule has 2 aromatic rings. The first-order valence-corrected chi connectivity index (χ1v) is 5.41. The summed E-state index contributed by atoms with van der Waals surface area (Å²) < 4.78 is 5.69. The standard InChI is InChI=1S/C13H14N4O/c14-16-13(17-15)10-5-4-8-12(9-10)18-11-6-2-1-3-7-11/h1-9H,14-15H2,(H,16,17). The van der Waals surface area contributed by atoms with Crippen LogP contribution in [0.2, 0.25) is 0 Å². The van der Waals surface area contributed by atoms with E-state index in [0.717, 1.165) is 11.3 Å². The average Bonchev–Trinajstić information content (AvgIpc) is 2.42. The van der Waals surface area contributed by atoms with Crippen LogP contribution in [0.3, 0.4) is 0 Å². The predicted molar refractivity (Wildman–Crippen MR) is 71.0 cm³/mol. The quantitative estimate of drug-likeness (QED) is 0.330. The highest BCUT2D eigenvalue weighted by atomic mass is 16.5. The number of hydrazone groups is 1. The lowest BCUT2D eigenvalue weighted by Crippen LogP contribution is -2.31. The molecule has 5 heteroatoms. The van der Waals surface area contributed by atoms with Gasteiger partial charge in [-0.1, -0.05) is 30.3 Å². The van der Waals surface area contributed by atoms with Crippen LogP contribution in [0.4, 0.5) is 0 Å².